The summed E-state index contributed by atoms with van der Waals surface area (Å²) in [6, 6.07) is 0. The second kappa shape index (κ2) is 4.07. The SMILES string of the molecule is CC1CCC(CNN)CC1C. The van der Waals surface area contributed by atoms with E-state index in [0.29, 0.717) is 0 Å². The molecule has 0 aromatic rings. The molecular weight excluding hydrogens is 136 g/mol. The van der Waals surface area contributed by atoms with Crippen LogP contribution in [0.3, 0.4) is 0 Å². The van der Waals surface area contributed by atoms with Gasteiger partial charge < -0.3 is 0 Å². The van der Waals surface area contributed by atoms with Gasteiger partial charge in [-0.2, -0.15) is 0 Å². The van der Waals surface area contributed by atoms with Crippen molar-refractivity contribution in [2.24, 2.45) is 23.6 Å². The third kappa shape index (κ3) is 2.46. The van der Waals surface area contributed by atoms with Crippen molar-refractivity contribution in [3.05, 3.63) is 0 Å². The summed E-state index contributed by atoms with van der Waals surface area (Å²) in [6.07, 6.45) is 4.09. The highest BCUT2D eigenvalue weighted by Crippen LogP contribution is 2.32. The van der Waals surface area contributed by atoms with Gasteiger partial charge in [-0.15, -0.1) is 0 Å². The Bertz CT molecular complexity index is 114. The average molecular weight is 156 g/mol. The monoisotopic (exact) mass is 156 g/mol. The predicted octanol–water partition coefficient (Wildman–Crippen LogP) is 1.52. The van der Waals surface area contributed by atoms with Crippen LogP contribution in [0.15, 0.2) is 0 Å². The van der Waals surface area contributed by atoms with Gasteiger partial charge in [0.05, 0.1) is 0 Å². The van der Waals surface area contributed by atoms with Gasteiger partial charge in [-0.3, -0.25) is 11.3 Å². The minimum absolute atomic E-state index is 0.825. The van der Waals surface area contributed by atoms with E-state index in [1.165, 1.54) is 19.3 Å². The Labute approximate surface area is 69.5 Å². The summed E-state index contributed by atoms with van der Waals surface area (Å²) >= 11 is 0. The van der Waals surface area contributed by atoms with Gasteiger partial charge in [0.15, 0.2) is 0 Å². The van der Waals surface area contributed by atoms with E-state index in [-0.39, 0.29) is 0 Å². The molecule has 0 amide bonds. The van der Waals surface area contributed by atoms with Crippen molar-refractivity contribution < 1.29 is 0 Å². The number of hydrogen-bond donors (Lipinski definition) is 2. The number of nitrogens with two attached hydrogens (primary N) is 1. The molecule has 3 unspecified atom stereocenters. The van der Waals surface area contributed by atoms with Crippen LogP contribution >= 0.6 is 0 Å². The summed E-state index contributed by atoms with van der Waals surface area (Å²) in [4.78, 5) is 0. The third-order valence-corrected chi connectivity index (χ3v) is 3.11. The van der Waals surface area contributed by atoms with Crippen molar-refractivity contribution in [3.8, 4) is 0 Å². The zero-order chi connectivity index (χ0) is 8.27. The summed E-state index contributed by atoms with van der Waals surface area (Å²) in [6.45, 7) is 5.71. The lowest BCUT2D eigenvalue weighted by Gasteiger charge is -2.31. The summed E-state index contributed by atoms with van der Waals surface area (Å²) in [5, 5.41) is 0. The lowest BCUT2D eigenvalue weighted by molar-refractivity contribution is 0.205. The minimum atomic E-state index is 0.825. The highest BCUT2D eigenvalue weighted by Gasteiger charge is 2.23. The molecule has 0 aromatic heterocycles. The van der Waals surface area contributed by atoms with Crippen LogP contribution in [0, 0.1) is 17.8 Å². The van der Waals surface area contributed by atoms with Crippen LogP contribution in [0.4, 0.5) is 0 Å². The maximum atomic E-state index is 5.29. The number of hydrazine groups is 1. The molecule has 0 bridgehead atoms. The zero-order valence-corrected chi connectivity index (χ0v) is 7.64. The Balaban J connectivity index is 2.28. The van der Waals surface area contributed by atoms with Gasteiger partial charge in [0.1, 0.15) is 0 Å². The molecule has 2 nitrogen and oxygen atoms in total. The van der Waals surface area contributed by atoms with Crippen molar-refractivity contribution in [3.63, 3.8) is 0 Å². The van der Waals surface area contributed by atoms with Crippen LogP contribution in [-0.2, 0) is 0 Å². The van der Waals surface area contributed by atoms with Gasteiger partial charge in [0, 0.05) is 6.54 Å². The van der Waals surface area contributed by atoms with E-state index >= 15 is 0 Å². The molecule has 66 valence electrons. The molecule has 3 atom stereocenters. The van der Waals surface area contributed by atoms with Gasteiger partial charge in [0.25, 0.3) is 0 Å². The van der Waals surface area contributed by atoms with Crippen molar-refractivity contribution in [1.82, 2.24) is 5.43 Å². The predicted molar refractivity (Wildman–Crippen MR) is 47.9 cm³/mol. The average Bonchev–Trinajstić information content (AvgIpc) is 1.98. The molecule has 1 aliphatic carbocycles. The lowest BCUT2D eigenvalue weighted by Crippen LogP contribution is -2.33. The maximum absolute atomic E-state index is 5.29. The molecule has 1 saturated carbocycles. The molecule has 1 aliphatic rings. The largest absolute Gasteiger partial charge is 0.271 e. The summed E-state index contributed by atoms with van der Waals surface area (Å²) in [5.74, 6) is 7.93. The lowest BCUT2D eigenvalue weighted by atomic mass is 9.76. The van der Waals surface area contributed by atoms with E-state index in [1.54, 1.807) is 0 Å². The number of rotatable bonds is 2. The first-order valence-electron chi connectivity index (χ1n) is 4.67. The van der Waals surface area contributed by atoms with Crippen molar-refractivity contribution in [2.75, 3.05) is 6.54 Å². The fourth-order valence-electron chi connectivity index (χ4n) is 2.01. The van der Waals surface area contributed by atoms with E-state index in [0.717, 1.165) is 24.3 Å². The summed E-state index contributed by atoms with van der Waals surface area (Å²) < 4.78 is 0. The van der Waals surface area contributed by atoms with Crippen LogP contribution < -0.4 is 11.3 Å². The van der Waals surface area contributed by atoms with E-state index in [1.807, 2.05) is 0 Å². The zero-order valence-electron chi connectivity index (χ0n) is 7.64. The second-order valence-corrected chi connectivity index (χ2v) is 4.04. The van der Waals surface area contributed by atoms with Gasteiger partial charge in [0.2, 0.25) is 0 Å². The Morgan fingerprint density at radius 2 is 2.00 bits per heavy atom. The van der Waals surface area contributed by atoms with Crippen LogP contribution in [0.2, 0.25) is 0 Å². The molecule has 0 heterocycles. The molecule has 1 fully saturated rings. The van der Waals surface area contributed by atoms with Crippen molar-refractivity contribution in [1.29, 1.82) is 0 Å². The smallest absolute Gasteiger partial charge is 0.0126 e. The molecule has 3 N–H and O–H groups in total. The maximum Gasteiger partial charge on any atom is 0.0126 e. The Hall–Kier alpha value is -0.0800. The van der Waals surface area contributed by atoms with Crippen molar-refractivity contribution >= 4 is 0 Å². The van der Waals surface area contributed by atoms with Crippen LogP contribution in [0.5, 0.6) is 0 Å². The standard InChI is InChI=1S/C9H20N2/c1-7-3-4-9(6-11-10)5-8(7)2/h7-9,11H,3-6,10H2,1-2H3. The van der Waals surface area contributed by atoms with Gasteiger partial charge in [-0.1, -0.05) is 20.3 Å². The Morgan fingerprint density at radius 1 is 1.27 bits per heavy atom. The fourth-order valence-corrected chi connectivity index (χ4v) is 2.01. The first kappa shape index (κ1) is 9.01. The minimum Gasteiger partial charge on any atom is -0.271 e. The number of nitrogens with one attached hydrogen (secondary N) is 1. The normalized spacial score (nSPS) is 39.0. The van der Waals surface area contributed by atoms with E-state index < -0.39 is 0 Å². The molecule has 0 saturated heterocycles. The molecule has 1 rings (SSSR count). The van der Waals surface area contributed by atoms with E-state index in [2.05, 4.69) is 19.3 Å². The topological polar surface area (TPSA) is 38.0 Å². The molecule has 0 aliphatic heterocycles. The van der Waals surface area contributed by atoms with Gasteiger partial charge in [-0.25, -0.2) is 0 Å². The van der Waals surface area contributed by atoms with Crippen LogP contribution in [0.25, 0.3) is 0 Å². The number of hydrogen-bond acceptors (Lipinski definition) is 2. The summed E-state index contributed by atoms with van der Waals surface area (Å²) in [7, 11) is 0. The molecule has 0 spiro atoms. The first-order valence-corrected chi connectivity index (χ1v) is 4.67. The first-order chi connectivity index (χ1) is 5.24. The van der Waals surface area contributed by atoms with Crippen LogP contribution in [0.1, 0.15) is 33.1 Å². The van der Waals surface area contributed by atoms with E-state index in [4.69, 9.17) is 5.84 Å². The molecule has 0 radical (unpaired) electrons. The molecule has 0 aromatic carbocycles. The third-order valence-electron chi connectivity index (χ3n) is 3.11. The Kier molecular flexibility index (Phi) is 3.34. The van der Waals surface area contributed by atoms with Gasteiger partial charge in [-0.05, 0) is 30.6 Å². The molecule has 2 heteroatoms. The fraction of sp³-hybridized carbons (Fsp3) is 1.00. The highest BCUT2D eigenvalue weighted by atomic mass is 15.2. The quantitative estimate of drug-likeness (QED) is 0.470. The molecule has 11 heavy (non-hydrogen) atoms. The Morgan fingerprint density at radius 3 is 2.55 bits per heavy atom. The van der Waals surface area contributed by atoms with Gasteiger partial charge >= 0.3 is 0 Å². The highest BCUT2D eigenvalue weighted by molar-refractivity contribution is 4.75. The molecular formula is C9H20N2. The summed E-state index contributed by atoms with van der Waals surface area (Å²) in [5.41, 5.74) is 2.77. The second-order valence-electron chi connectivity index (χ2n) is 4.04. The van der Waals surface area contributed by atoms with Crippen LogP contribution in [-0.4, -0.2) is 6.54 Å². The van der Waals surface area contributed by atoms with Crippen molar-refractivity contribution in [2.45, 2.75) is 33.1 Å². The van der Waals surface area contributed by atoms with E-state index in [9.17, 15) is 0 Å².